The van der Waals surface area contributed by atoms with Crippen LogP contribution < -0.4 is 5.63 Å². The van der Waals surface area contributed by atoms with Gasteiger partial charge in [-0.1, -0.05) is 12.1 Å². The van der Waals surface area contributed by atoms with Crippen LogP contribution in [0, 0.1) is 6.92 Å². The van der Waals surface area contributed by atoms with Gasteiger partial charge in [0, 0.05) is 24.5 Å². The van der Waals surface area contributed by atoms with Crippen LogP contribution in [0.4, 0.5) is 0 Å². The minimum absolute atomic E-state index is 0.313. The largest absolute Gasteiger partial charge is 0.423 e. The summed E-state index contributed by atoms with van der Waals surface area (Å²) in [5.41, 5.74) is 1.74. The fourth-order valence-electron chi connectivity index (χ4n) is 3.17. The van der Waals surface area contributed by atoms with Gasteiger partial charge in [-0.2, -0.15) is 0 Å². The van der Waals surface area contributed by atoms with E-state index < -0.39 is 5.60 Å². The minimum atomic E-state index is -0.635. The second kappa shape index (κ2) is 5.28. The van der Waals surface area contributed by atoms with Gasteiger partial charge in [0.25, 0.3) is 0 Å². The summed E-state index contributed by atoms with van der Waals surface area (Å²) >= 11 is 0. The molecular formula is C17H21NO3. The van der Waals surface area contributed by atoms with Crippen LogP contribution in [0.25, 0.3) is 11.0 Å². The number of benzene rings is 1. The lowest BCUT2D eigenvalue weighted by molar-refractivity contribution is -0.0180. The van der Waals surface area contributed by atoms with Crippen LogP contribution >= 0.6 is 0 Å². The second-order valence-electron chi connectivity index (χ2n) is 6.40. The lowest BCUT2D eigenvalue weighted by Gasteiger charge is -2.36. The summed E-state index contributed by atoms with van der Waals surface area (Å²) in [4.78, 5) is 14.0. The van der Waals surface area contributed by atoms with Crippen molar-refractivity contribution in [3.05, 3.63) is 45.8 Å². The number of β-amino-alcohol motifs (C(OH)–C–C–N with tert-alkyl or cyclic N) is 1. The van der Waals surface area contributed by atoms with Crippen molar-refractivity contribution >= 4 is 11.0 Å². The fraction of sp³-hybridized carbons (Fsp3) is 0.471. The third-order valence-corrected chi connectivity index (χ3v) is 4.13. The molecule has 2 aromatic rings. The lowest BCUT2D eigenvalue weighted by Crippen LogP contribution is -2.45. The fourth-order valence-corrected chi connectivity index (χ4v) is 3.17. The predicted octanol–water partition coefficient (Wildman–Crippen LogP) is 2.45. The first-order valence-corrected chi connectivity index (χ1v) is 7.41. The molecule has 1 aromatic heterocycles. The molecule has 1 atom stereocenters. The molecule has 0 bridgehead atoms. The average Bonchev–Trinajstić information content (AvgIpc) is 2.36. The van der Waals surface area contributed by atoms with Crippen LogP contribution in [0.2, 0.25) is 0 Å². The Bertz CT molecular complexity index is 718. The summed E-state index contributed by atoms with van der Waals surface area (Å²) in [6.45, 7) is 6.11. The van der Waals surface area contributed by atoms with E-state index in [0.29, 0.717) is 18.7 Å². The molecule has 21 heavy (non-hydrogen) atoms. The van der Waals surface area contributed by atoms with Crippen molar-refractivity contribution in [2.45, 2.75) is 38.8 Å². The number of aryl methyl sites for hydroxylation is 1. The highest BCUT2D eigenvalue weighted by atomic mass is 16.4. The smallest absolute Gasteiger partial charge is 0.336 e. The van der Waals surface area contributed by atoms with Gasteiger partial charge >= 0.3 is 5.63 Å². The van der Waals surface area contributed by atoms with Crippen LogP contribution in [0.5, 0.6) is 0 Å². The van der Waals surface area contributed by atoms with E-state index in [0.717, 1.165) is 35.9 Å². The summed E-state index contributed by atoms with van der Waals surface area (Å²) in [6, 6.07) is 7.50. The first-order chi connectivity index (χ1) is 9.93. The number of rotatable bonds is 2. The summed E-state index contributed by atoms with van der Waals surface area (Å²) in [5.74, 6) is 0. The molecule has 1 unspecified atom stereocenters. The molecule has 1 fully saturated rings. The van der Waals surface area contributed by atoms with Crippen LogP contribution in [-0.4, -0.2) is 28.7 Å². The van der Waals surface area contributed by atoms with Crippen molar-refractivity contribution in [2.75, 3.05) is 13.1 Å². The quantitative estimate of drug-likeness (QED) is 0.862. The Kier molecular flexibility index (Phi) is 3.59. The van der Waals surface area contributed by atoms with Gasteiger partial charge in [0.05, 0.1) is 5.60 Å². The lowest BCUT2D eigenvalue weighted by atomic mass is 9.94. The molecule has 0 radical (unpaired) electrons. The van der Waals surface area contributed by atoms with E-state index in [4.69, 9.17) is 4.42 Å². The van der Waals surface area contributed by atoms with Gasteiger partial charge in [0.1, 0.15) is 5.58 Å². The summed E-state index contributed by atoms with van der Waals surface area (Å²) < 4.78 is 5.29. The topological polar surface area (TPSA) is 53.7 Å². The van der Waals surface area contributed by atoms with Crippen LogP contribution in [-0.2, 0) is 6.54 Å². The third kappa shape index (κ3) is 3.17. The molecule has 2 heterocycles. The van der Waals surface area contributed by atoms with Crippen molar-refractivity contribution in [3.8, 4) is 0 Å². The zero-order chi connectivity index (χ0) is 15.0. The van der Waals surface area contributed by atoms with Crippen molar-refractivity contribution in [2.24, 2.45) is 0 Å². The monoisotopic (exact) mass is 287 g/mol. The standard InChI is InChI=1S/C17H21NO3/c1-12-4-5-14-13(9-16(19)21-15(14)8-12)10-18-7-3-6-17(2,20)11-18/h4-5,8-9,20H,3,6-7,10-11H2,1-2H3. The Morgan fingerprint density at radius 2 is 2.19 bits per heavy atom. The zero-order valence-electron chi connectivity index (χ0n) is 12.6. The molecule has 3 rings (SSSR count). The Balaban J connectivity index is 1.95. The van der Waals surface area contributed by atoms with Crippen molar-refractivity contribution in [3.63, 3.8) is 0 Å². The number of piperidine rings is 1. The Morgan fingerprint density at radius 1 is 1.38 bits per heavy atom. The van der Waals surface area contributed by atoms with Gasteiger partial charge in [-0.25, -0.2) is 4.79 Å². The SMILES string of the molecule is Cc1ccc2c(CN3CCCC(C)(O)C3)cc(=O)oc2c1. The van der Waals surface area contributed by atoms with E-state index >= 15 is 0 Å². The summed E-state index contributed by atoms with van der Waals surface area (Å²) in [5, 5.41) is 11.2. The van der Waals surface area contributed by atoms with Gasteiger partial charge in [-0.15, -0.1) is 0 Å². The molecule has 0 amide bonds. The van der Waals surface area contributed by atoms with Gasteiger partial charge in [0.15, 0.2) is 0 Å². The Morgan fingerprint density at radius 3 is 2.95 bits per heavy atom. The molecule has 0 spiro atoms. The van der Waals surface area contributed by atoms with Crippen LogP contribution in [0.15, 0.2) is 33.5 Å². The van der Waals surface area contributed by atoms with Gasteiger partial charge in [-0.3, -0.25) is 4.90 Å². The molecule has 1 aliphatic rings. The number of nitrogens with zero attached hydrogens (tertiary/aromatic N) is 1. The van der Waals surface area contributed by atoms with E-state index in [-0.39, 0.29) is 5.63 Å². The van der Waals surface area contributed by atoms with Gasteiger partial charge in [0.2, 0.25) is 0 Å². The number of hydrogen-bond acceptors (Lipinski definition) is 4. The first-order valence-electron chi connectivity index (χ1n) is 7.41. The zero-order valence-corrected chi connectivity index (χ0v) is 12.6. The second-order valence-corrected chi connectivity index (χ2v) is 6.40. The molecule has 4 heteroatoms. The normalized spacial score (nSPS) is 23.6. The van der Waals surface area contributed by atoms with Crippen LogP contribution in [0.3, 0.4) is 0 Å². The maximum atomic E-state index is 11.8. The van der Waals surface area contributed by atoms with Crippen LogP contribution in [0.1, 0.15) is 30.9 Å². The minimum Gasteiger partial charge on any atom is -0.423 e. The van der Waals surface area contributed by atoms with Crippen molar-refractivity contribution in [1.82, 2.24) is 4.90 Å². The Labute approximate surface area is 124 Å². The van der Waals surface area contributed by atoms with E-state index in [1.807, 2.05) is 32.0 Å². The average molecular weight is 287 g/mol. The highest BCUT2D eigenvalue weighted by Gasteiger charge is 2.28. The summed E-state index contributed by atoms with van der Waals surface area (Å²) in [6.07, 6.45) is 1.81. The first kappa shape index (κ1) is 14.3. The van der Waals surface area contributed by atoms with Crippen molar-refractivity contribution in [1.29, 1.82) is 0 Å². The maximum Gasteiger partial charge on any atom is 0.336 e. The maximum absolute atomic E-state index is 11.8. The molecule has 112 valence electrons. The van der Waals surface area contributed by atoms with Crippen molar-refractivity contribution < 1.29 is 9.52 Å². The van der Waals surface area contributed by atoms with E-state index in [9.17, 15) is 9.90 Å². The number of likely N-dealkylation sites (tertiary alicyclic amines) is 1. The number of fused-ring (bicyclic) bond motifs is 1. The summed E-state index contributed by atoms with van der Waals surface area (Å²) in [7, 11) is 0. The van der Waals surface area contributed by atoms with Gasteiger partial charge in [-0.05, 0) is 50.4 Å². The number of hydrogen-bond donors (Lipinski definition) is 1. The molecular weight excluding hydrogens is 266 g/mol. The molecule has 1 aliphatic heterocycles. The third-order valence-electron chi connectivity index (χ3n) is 4.13. The predicted molar refractivity (Wildman–Crippen MR) is 82.4 cm³/mol. The van der Waals surface area contributed by atoms with E-state index in [2.05, 4.69) is 4.90 Å². The number of aliphatic hydroxyl groups is 1. The molecule has 1 saturated heterocycles. The molecule has 1 N–H and O–H groups in total. The highest BCUT2D eigenvalue weighted by Crippen LogP contribution is 2.24. The Hall–Kier alpha value is -1.65. The van der Waals surface area contributed by atoms with Gasteiger partial charge < -0.3 is 9.52 Å². The molecule has 0 aliphatic carbocycles. The molecule has 0 saturated carbocycles. The van der Waals surface area contributed by atoms with E-state index in [1.165, 1.54) is 0 Å². The van der Waals surface area contributed by atoms with E-state index in [1.54, 1.807) is 6.07 Å². The molecule has 1 aromatic carbocycles. The highest BCUT2D eigenvalue weighted by molar-refractivity contribution is 5.80. The molecule has 4 nitrogen and oxygen atoms in total.